The lowest BCUT2D eigenvalue weighted by atomic mass is 9.78. The fraction of sp³-hybridized carbons (Fsp3) is 0.938. The van der Waals surface area contributed by atoms with Crippen LogP contribution in [0.15, 0.2) is 0 Å². The number of hydrogen-bond acceptors (Lipinski definition) is 2. The number of nitrogens with two attached hydrogens (primary N) is 1. The molecule has 0 aromatic carbocycles. The van der Waals surface area contributed by atoms with Crippen molar-refractivity contribution in [3.63, 3.8) is 0 Å². The first-order valence-electron chi connectivity index (χ1n) is 8.06. The van der Waals surface area contributed by atoms with E-state index in [0.29, 0.717) is 12.5 Å². The quantitative estimate of drug-likeness (QED) is 0.711. The third-order valence-corrected chi connectivity index (χ3v) is 4.68. The molecule has 3 nitrogen and oxygen atoms in total. The molecule has 0 saturated heterocycles. The van der Waals surface area contributed by atoms with Crippen molar-refractivity contribution in [2.24, 2.45) is 23.0 Å². The molecule has 0 bridgehead atoms. The lowest BCUT2D eigenvalue weighted by molar-refractivity contribution is -0.131. The van der Waals surface area contributed by atoms with Gasteiger partial charge in [-0.05, 0) is 37.5 Å². The minimum atomic E-state index is -0.326. The largest absolute Gasteiger partial charge is 0.355 e. The van der Waals surface area contributed by atoms with Crippen LogP contribution in [-0.4, -0.2) is 19.0 Å². The summed E-state index contributed by atoms with van der Waals surface area (Å²) >= 11 is 0. The summed E-state index contributed by atoms with van der Waals surface area (Å²) in [4.78, 5) is 12.5. The zero-order valence-corrected chi connectivity index (χ0v) is 13.0. The topological polar surface area (TPSA) is 55.1 Å². The van der Waals surface area contributed by atoms with Gasteiger partial charge >= 0.3 is 0 Å². The first-order valence-corrected chi connectivity index (χ1v) is 8.06. The molecule has 1 rings (SSSR count). The number of rotatable bonds is 8. The predicted molar refractivity (Wildman–Crippen MR) is 80.8 cm³/mol. The Labute approximate surface area is 118 Å². The molecule has 0 radical (unpaired) electrons. The van der Waals surface area contributed by atoms with E-state index in [4.69, 9.17) is 5.73 Å². The van der Waals surface area contributed by atoms with Gasteiger partial charge in [0, 0.05) is 13.1 Å². The van der Waals surface area contributed by atoms with Gasteiger partial charge in [-0.2, -0.15) is 0 Å². The molecule has 0 heterocycles. The Morgan fingerprint density at radius 3 is 2.32 bits per heavy atom. The van der Waals surface area contributed by atoms with Gasteiger partial charge in [0.2, 0.25) is 5.91 Å². The normalized spacial score (nSPS) is 23.6. The molecule has 0 aromatic heterocycles. The molecule has 1 saturated carbocycles. The number of hydrogen-bond donors (Lipinski definition) is 2. The van der Waals surface area contributed by atoms with E-state index in [1.54, 1.807) is 0 Å². The third-order valence-electron chi connectivity index (χ3n) is 4.68. The Kier molecular flexibility index (Phi) is 6.84. The summed E-state index contributed by atoms with van der Waals surface area (Å²) in [6.45, 7) is 7.89. The van der Waals surface area contributed by atoms with E-state index in [-0.39, 0.29) is 11.3 Å². The number of amides is 1. The fourth-order valence-corrected chi connectivity index (χ4v) is 3.54. The summed E-state index contributed by atoms with van der Waals surface area (Å²) in [6.07, 6.45) is 7.69. The molecule has 1 aliphatic carbocycles. The van der Waals surface area contributed by atoms with Gasteiger partial charge in [-0.25, -0.2) is 0 Å². The zero-order valence-electron chi connectivity index (χ0n) is 13.0. The molecule has 0 aliphatic heterocycles. The second-order valence-corrected chi connectivity index (χ2v) is 6.48. The van der Waals surface area contributed by atoms with E-state index in [1.165, 1.54) is 19.3 Å². The molecule has 19 heavy (non-hydrogen) atoms. The van der Waals surface area contributed by atoms with Crippen LogP contribution in [0.5, 0.6) is 0 Å². The highest BCUT2D eigenvalue weighted by molar-refractivity contribution is 5.82. The van der Waals surface area contributed by atoms with Crippen LogP contribution in [-0.2, 0) is 4.79 Å². The van der Waals surface area contributed by atoms with Crippen molar-refractivity contribution in [3.05, 3.63) is 0 Å². The third kappa shape index (κ3) is 4.48. The number of carbonyl (C=O) groups is 1. The van der Waals surface area contributed by atoms with Gasteiger partial charge in [0.05, 0.1) is 5.41 Å². The molecule has 2 unspecified atom stereocenters. The van der Waals surface area contributed by atoms with Gasteiger partial charge in [-0.15, -0.1) is 0 Å². The summed E-state index contributed by atoms with van der Waals surface area (Å²) in [5.41, 5.74) is 5.60. The summed E-state index contributed by atoms with van der Waals surface area (Å²) in [5.74, 6) is 1.70. The first kappa shape index (κ1) is 16.5. The predicted octanol–water partition coefficient (Wildman–Crippen LogP) is 3.08. The van der Waals surface area contributed by atoms with Crippen LogP contribution in [0.4, 0.5) is 0 Å². The van der Waals surface area contributed by atoms with E-state index in [2.05, 4.69) is 26.1 Å². The van der Waals surface area contributed by atoms with E-state index >= 15 is 0 Å². The second-order valence-electron chi connectivity index (χ2n) is 6.48. The monoisotopic (exact) mass is 268 g/mol. The van der Waals surface area contributed by atoms with Crippen LogP contribution < -0.4 is 11.1 Å². The van der Waals surface area contributed by atoms with Gasteiger partial charge in [0.15, 0.2) is 0 Å². The fourth-order valence-electron chi connectivity index (χ4n) is 3.54. The Morgan fingerprint density at radius 2 is 1.89 bits per heavy atom. The summed E-state index contributed by atoms with van der Waals surface area (Å²) in [5, 5.41) is 3.19. The highest BCUT2D eigenvalue weighted by Crippen LogP contribution is 2.31. The van der Waals surface area contributed by atoms with Crippen molar-refractivity contribution >= 4 is 5.91 Å². The second kappa shape index (κ2) is 7.88. The van der Waals surface area contributed by atoms with Gasteiger partial charge in [-0.1, -0.05) is 40.0 Å². The van der Waals surface area contributed by atoms with Crippen molar-refractivity contribution in [1.29, 1.82) is 0 Å². The lowest BCUT2D eigenvalue weighted by Crippen LogP contribution is -2.47. The van der Waals surface area contributed by atoms with Crippen LogP contribution in [0.25, 0.3) is 0 Å². The minimum Gasteiger partial charge on any atom is -0.355 e. The maximum atomic E-state index is 12.5. The smallest absolute Gasteiger partial charge is 0.227 e. The standard InChI is InChI=1S/C16H32N2O/c1-4-8-16(12-17,9-5-2)15(19)18-11-14-7-6-13(3)10-14/h13-14H,4-12,17H2,1-3H3,(H,18,19). The summed E-state index contributed by atoms with van der Waals surface area (Å²) in [7, 11) is 0. The van der Waals surface area contributed by atoms with Crippen molar-refractivity contribution in [3.8, 4) is 0 Å². The highest BCUT2D eigenvalue weighted by Gasteiger charge is 2.35. The summed E-state index contributed by atoms with van der Waals surface area (Å²) in [6, 6.07) is 0. The van der Waals surface area contributed by atoms with Gasteiger partial charge in [-0.3, -0.25) is 4.79 Å². The van der Waals surface area contributed by atoms with Crippen LogP contribution in [0.1, 0.15) is 65.7 Å². The average Bonchev–Trinajstić information content (AvgIpc) is 2.81. The molecule has 3 N–H and O–H groups in total. The van der Waals surface area contributed by atoms with E-state index < -0.39 is 0 Å². The molecule has 3 heteroatoms. The van der Waals surface area contributed by atoms with E-state index in [0.717, 1.165) is 38.1 Å². The Morgan fingerprint density at radius 1 is 1.26 bits per heavy atom. The zero-order chi connectivity index (χ0) is 14.3. The molecule has 0 spiro atoms. The molecule has 2 atom stereocenters. The van der Waals surface area contributed by atoms with Crippen LogP contribution in [0.2, 0.25) is 0 Å². The Balaban J connectivity index is 2.51. The molecule has 112 valence electrons. The number of nitrogens with one attached hydrogen (secondary N) is 1. The van der Waals surface area contributed by atoms with Crippen molar-refractivity contribution in [1.82, 2.24) is 5.32 Å². The summed E-state index contributed by atoms with van der Waals surface area (Å²) < 4.78 is 0. The van der Waals surface area contributed by atoms with Gasteiger partial charge in [0.1, 0.15) is 0 Å². The van der Waals surface area contributed by atoms with Crippen molar-refractivity contribution in [2.75, 3.05) is 13.1 Å². The molecular weight excluding hydrogens is 236 g/mol. The minimum absolute atomic E-state index is 0.193. The molecular formula is C16H32N2O. The lowest BCUT2D eigenvalue weighted by Gasteiger charge is -2.31. The van der Waals surface area contributed by atoms with Crippen LogP contribution in [0, 0.1) is 17.3 Å². The van der Waals surface area contributed by atoms with E-state index in [9.17, 15) is 4.79 Å². The van der Waals surface area contributed by atoms with Crippen molar-refractivity contribution in [2.45, 2.75) is 65.7 Å². The highest BCUT2D eigenvalue weighted by atomic mass is 16.2. The Bertz CT molecular complexity index is 272. The van der Waals surface area contributed by atoms with Gasteiger partial charge in [0.25, 0.3) is 0 Å². The maximum Gasteiger partial charge on any atom is 0.227 e. The molecule has 1 amide bonds. The SMILES string of the molecule is CCCC(CN)(CCC)C(=O)NCC1CCC(C)C1. The number of carbonyl (C=O) groups excluding carboxylic acids is 1. The molecule has 1 fully saturated rings. The van der Waals surface area contributed by atoms with Crippen LogP contribution in [0.3, 0.4) is 0 Å². The maximum absolute atomic E-state index is 12.5. The Hall–Kier alpha value is -0.570. The average molecular weight is 268 g/mol. The molecule has 1 aliphatic rings. The van der Waals surface area contributed by atoms with E-state index in [1.807, 2.05) is 0 Å². The molecule has 0 aromatic rings. The first-order chi connectivity index (χ1) is 9.07. The van der Waals surface area contributed by atoms with Crippen LogP contribution >= 0.6 is 0 Å². The van der Waals surface area contributed by atoms with Gasteiger partial charge < -0.3 is 11.1 Å². The van der Waals surface area contributed by atoms with Crippen molar-refractivity contribution < 1.29 is 4.79 Å².